The molecule has 152 valence electrons. The van der Waals surface area contributed by atoms with Crippen molar-refractivity contribution < 1.29 is 38.5 Å². The monoisotopic (exact) mass is 393 g/mol. The Hall–Kier alpha value is -2.94. The summed E-state index contributed by atoms with van der Waals surface area (Å²) in [6.45, 7) is -0.614. The Bertz CT molecular complexity index is 733. The maximum absolute atomic E-state index is 12.1. The van der Waals surface area contributed by atoms with Gasteiger partial charge in [0.25, 0.3) is 5.91 Å². The molecule has 1 aromatic rings. The highest BCUT2D eigenvalue weighted by Crippen LogP contribution is 2.29. The van der Waals surface area contributed by atoms with E-state index in [9.17, 15) is 24.3 Å². The smallest absolute Gasteiger partial charge is 0.338 e. The van der Waals surface area contributed by atoms with E-state index >= 15 is 0 Å². The van der Waals surface area contributed by atoms with E-state index in [0.29, 0.717) is 25.7 Å². The fourth-order valence-corrected chi connectivity index (χ4v) is 2.97. The minimum absolute atomic E-state index is 0.0363. The van der Waals surface area contributed by atoms with Gasteiger partial charge in [0, 0.05) is 5.69 Å². The molecule has 1 amide bonds. The van der Waals surface area contributed by atoms with Gasteiger partial charge in [-0.15, -0.1) is 0 Å². The molecule has 0 spiro atoms. The lowest BCUT2D eigenvalue weighted by molar-refractivity contribution is -0.170. The molecule has 0 bridgehead atoms. The fraction of sp³-hybridized carbons (Fsp3) is 0.474. The third-order valence-electron chi connectivity index (χ3n) is 4.45. The summed E-state index contributed by atoms with van der Waals surface area (Å²) in [5.41, 5.74) is -1.36. The molecule has 1 saturated carbocycles. The zero-order chi connectivity index (χ0) is 20.7. The number of amides is 1. The number of methoxy groups -OCH3 is 2. The van der Waals surface area contributed by atoms with Gasteiger partial charge in [-0.3, -0.25) is 4.79 Å². The first kappa shape index (κ1) is 21.4. The number of hydrogen-bond acceptors (Lipinski definition) is 8. The van der Waals surface area contributed by atoms with Crippen LogP contribution in [0.4, 0.5) is 5.69 Å². The molecule has 1 aliphatic carbocycles. The third-order valence-corrected chi connectivity index (χ3v) is 4.45. The summed E-state index contributed by atoms with van der Waals surface area (Å²) in [6, 6.07) is 3.89. The van der Waals surface area contributed by atoms with Crippen LogP contribution in [-0.2, 0) is 23.8 Å². The molecule has 2 rings (SSSR count). The Kier molecular flexibility index (Phi) is 7.11. The molecule has 0 radical (unpaired) electrons. The second-order valence-corrected chi connectivity index (χ2v) is 6.50. The molecule has 0 aromatic heterocycles. The lowest BCUT2D eigenvalue weighted by Crippen LogP contribution is -2.42. The highest BCUT2D eigenvalue weighted by atomic mass is 16.6. The lowest BCUT2D eigenvalue weighted by Gasteiger charge is -2.29. The van der Waals surface area contributed by atoms with E-state index in [4.69, 9.17) is 4.74 Å². The van der Waals surface area contributed by atoms with Gasteiger partial charge in [0.15, 0.2) is 12.2 Å². The van der Waals surface area contributed by atoms with Crippen LogP contribution in [0.15, 0.2) is 18.2 Å². The van der Waals surface area contributed by atoms with E-state index in [0.717, 1.165) is 6.42 Å². The molecular formula is C19H23NO8. The second-order valence-electron chi connectivity index (χ2n) is 6.50. The molecule has 1 aliphatic rings. The molecule has 2 N–H and O–H groups in total. The molecule has 9 heteroatoms. The number of nitrogens with one attached hydrogen (secondary N) is 1. The first-order valence-corrected chi connectivity index (χ1v) is 8.80. The summed E-state index contributed by atoms with van der Waals surface area (Å²) in [5.74, 6) is -2.93. The minimum Gasteiger partial charge on any atom is -0.465 e. The van der Waals surface area contributed by atoms with E-state index in [1.54, 1.807) is 0 Å². The van der Waals surface area contributed by atoms with Crippen LogP contribution in [0.5, 0.6) is 0 Å². The van der Waals surface area contributed by atoms with Crippen molar-refractivity contribution in [3.8, 4) is 0 Å². The third kappa shape index (κ3) is 5.29. The molecule has 0 saturated heterocycles. The summed E-state index contributed by atoms with van der Waals surface area (Å²) >= 11 is 0. The van der Waals surface area contributed by atoms with E-state index in [-0.39, 0.29) is 16.8 Å². The van der Waals surface area contributed by atoms with Crippen molar-refractivity contribution in [1.82, 2.24) is 0 Å². The topological polar surface area (TPSA) is 128 Å². The van der Waals surface area contributed by atoms with Crippen LogP contribution in [0.3, 0.4) is 0 Å². The average Bonchev–Trinajstić information content (AvgIpc) is 2.70. The molecule has 0 atom stereocenters. The number of carbonyl (C=O) groups is 4. The van der Waals surface area contributed by atoms with Crippen molar-refractivity contribution in [1.29, 1.82) is 0 Å². The van der Waals surface area contributed by atoms with Gasteiger partial charge in [0.2, 0.25) is 0 Å². The quantitative estimate of drug-likeness (QED) is 0.549. The number of anilines is 1. The normalized spacial score (nSPS) is 15.2. The van der Waals surface area contributed by atoms with Crippen molar-refractivity contribution in [2.24, 2.45) is 0 Å². The molecule has 9 nitrogen and oxygen atoms in total. The van der Waals surface area contributed by atoms with Crippen molar-refractivity contribution in [2.45, 2.75) is 37.7 Å². The number of rotatable bonds is 6. The van der Waals surface area contributed by atoms with Gasteiger partial charge in [0.05, 0.1) is 25.3 Å². The molecule has 1 fully saturated rings. The molecule has 0 unspecified atom stereocenters. The van der Waals surface area contributed by atoms with Crippen LogP contribution in [-0.4, -0.2) is 55.3 Å². The van der Waals surface area contributed by atoms with Crippen molar-refractivity contribution in [3.63, 3.8) is 0 Å². The zero-order valence-corrected chi connectivity index (χ0v) is 15.8. The first-order valence-electron chi connectivity index (χ1n) is 8.80. The van der Waals surface area contributed by atoms with Gasteiger partial charge in [-0.05, 0) is 43.9 Å². The molecule has 28 heavy (non-hydrogen) atoms. The van der Waals surface area contributed by atoms with Crippen molar-refractivity contribution in [3.05, 3.63) is 29.3 Å². The van der Waals surface area contributed by atoms with E-state index in [1.165, 1.54) is 32.4 Å². The summed E-state index contributed by atoms with van der Waals surface area (Å²) in [4.78, 5) is 47.7. The van der Waals surface area contributed by atoms with Gasteiger partial charge in [-0.25, -0.2) is 14.4 Å². The van der Waals surface area contributed by atoms with Crippen LogP contribution in [0.2, 0.25) is 0 Å². The molecule has 0 aliphatic heterocycles. The zero-order valence-electron chi connectivity index (χ0n) is 15.8. The number of esters is 3. The van der Waals surface area contributed by atoms with Gasteiger partial charge in [-0.2, -0.15) is 0 Å². The first-order chi connectivity index (χ1) is 13.3. The van der Waals surface area contributed by atoms with E-state index in [2.05, 4.69) is 14.8 Å². The number of ether oxygens (including phenoxy) is 3. The number of aliphatic hydroxyl groups is 1. The number of hydrogen-bond donors (Lipinski definition) is 2. The molecule has 0 heterocycles. The van der Waals surface area contributed by atoms with Gasteiger partial charge >= 0.3 is 17.9 Å². The summed E-state index contributed by atoms with van der Waals surface area (Å²) in [6.07, 6.45) is 2.98. The van der Waals surface area contributed by atoms with Crippen LogP contribution < -0.4 is 5.32 Å². The Morgan fingerprint density at radius 3 is 2.00 bits per heavy atom. The Labute approximate surface area is 162 Å². The molecule has 1 aromatic carbocycles. The largest absolute Gasteiger partial charge is 0.465 e. The maximum Gasteiger partial charge on any atom is 0.338 e. The Morgan fingerprint density at radius 2 is 1.50 bits per heavy atom. The van der Waals surface area contributed by atoms with Crippen molar-refractivity contribution >= 4 is 29.5 Å². The van der Waals surface area contributed by atoms with Crippen molar-refractivity contribution in [2.75, 3.05) is 26.1 Å². The SMILES string of the molecule is COC(=O)c1cc(NC(=O)COC(=O)C2(O)CCCCC2)cc(C(=O)OC)c1. The predicted octanol–water partition coefficient (Wildman–Crippen LogP) is 1.44. The highest BCUT2D eigenvalue weighted by Gasteiger charge is 2.38. The lowest BCUT2D eigenvalue weighted by atomic mass is 9.85. The van der Waals surface area contributed by atoms with E-state index < -0.39 is 36.0 Å². The summed E-state index contributed by atoms with van der Waals surface area (Å²) < 4.78 is 14.2. The fourth-order valence-electron chi connectivity index (χ4n) is 2.97. The number of carbonyl (C=O) groups excluding carboxylic acids is 4. The van der Waals surface area contributed by atoms with Crippen LogP contribution >= 0.6 is 0 Å². The number of benzene rings is 1. The summed E-state index contributed by atoms with van der Waals surface area (Å²) in [5, 5.41) is 12.7. The predicted molar refractivity (Wildman–Crippen MR) is 96.7 cm³/mol. The Balaban J connectivity index is 2.05. The standard InChI is InChI=1S/C19H23NO8/c1-26-16(22)12-8-13(17(23)27-2)10-14(9-12)20-15(21)11-28-18(24)19(25)6-4-3-5-7-19/h8-10,25H,3-7,11H2,1-2H3,(H,20,21). The maximum atomic E-state index is 12.1. The van der Waals surface area contributed by atoms with Crippen LogP contribution in [0, 0.1) is 0 Å². The second kappa shape index (κ2) is 9.32. The summed E-state index contributed by atoms with van der Waals surface area (Å²) in [7, 11) is 2.36. The minimum atomic E-state index is -1.55. The highest BCUT2D eigenvalue weighted by molar-refractivity contribution is 6.00. The average molecular weight is 393 g/mol. The van der Waals surface area contributed by atoms with Gasteiger partial charge in [0.1, 0.15) is 0 Å². The van der Waals surface area contributed by atoms with E-state index in [1.807, 2.05) is 0 Å². The van der Waals surface area contributed by atoms with Crippen LogP contribution in [0.25, 0.3) is 0 Å². The van der Waals surface area contributed by atoms with Gasteiger partial charge < -0.3 is 24.6 Å². The molecular weight excluding hydrogens is 370 g/mol. The van der Waals surface area contributed by atoms with Crippen LogP contribution in [0.1, 0.15) is 52.8 Å². The van der Waals surface area contributed by atoms with Gasteiger partial charge in [-0.1, -0.05) is 6.42 Å². The Morgan fingerprint density at radius 1 is 0.964 bits per heavy atom.